The lowest BCUT2D eigenvalue weighted by Gasteiger charge is -2.19. The molecule has 1 aliphatic heterocycles. The zero-order valence-corrected chi connectivity index (χ0v) is 17.8. The Morgan fingerprint density at radius 1 is 1.11 bits per heavy atom. The van der Waals surface area contributed by atoms with Gasteiger partial charge in [-0.2, -0.15) is 0 Å². The summed E-state index contributed by atoms with van der Waals surface area (Å²) in [6, 6.07) is 14.4. The van der Waals surface area contributed by atoms with Crippen LogP contribution in [0.15, 0.2) is 64.8 Å². The topological polar surface area (TPSA) is 64.0 Å². The van der Waals surface area contributed by atoms with Crippen molar-refractivity contribution in [3.05, 3.63) is 60.3 Å². The first-order chi connectivity index (χ1) is 13.2. The Hall–Kier alpha value is -2.25. The monoisotopic (exact) mass is 413 g/mol. The van der Waals surface area contributed by atoms with Gasteiger partial charge in [-0.15, -0.1) is 0 Å². The number of hydrogen-bond acceptors (Lipinski definition) is 4. The van der Waals surface area contributed by atoms with Crippen molar-refractivity contribution < 1.29 is 8.42 Å². The molecule has 0 fully saturated rings. The molecule has 0 unspecified atom stereocenters. The molecule has 1 aliphatic rings. The Kier molecular flexibility index (Phi) is 4.75. The third-order valence-electron chi connectivity index (χ3n) is 4.74. The third-order valence-corrected chi connectivity index (χ3v) is 7.11. The second-order valence-electron chi connectivity index (χ2n) is 7.91. The highest BCUT2D eigenvalue weighted by molar-refractivity contribution is 7.99. The van der Waals surface area contributed by atoms with Gasteiger partial charge in [0.25, 0.3) is 10.0 Å². The molecule has 4 rings (SSSR count). The largest absolute Gasteiger partial charge is 0.325 e. The molecule has 2 heterocycles. The van der Waals surface area contributed by atoms with Crippen LogP contribution in [0.3, 0.4) is 0 Å². The number of anilines is 1. The first-order valence-corrected chi connectivity index (χ1v) is 11.6. The molecule has 0 saturated carbocycles. The van der Waals surface area contributed by atoms with Gasteiger partial charge < -0.3 is 4.57 Å². The maximum absolute atomic E-state index is 12.8. The van der Waals surface area contributed by atoms with Crippen molar-refractivity contribution in [2.24, 2.45) is 0 Å². The number of hydrogen-bond donors (Lipinski definition) is 1. The van der Waals surface area contributed by atoms with E-state index in [-0.39, 0.29) is 10.3 Å². The fourth-order valence-corrected chi connectivity index (χ4v) is 5.13. The van der Waals surface area contributed by atoms with Gasteiger partial charge in [-0.05, 0) is 35.2 Å². The summed E-state index contributed by atoms with van der Waals surface area (Å²) in [5.41, 5.74) is 3.36. The lowest BCUT2D eigenvalue weighted by molar-refractivity contribution is 0.587. The van der Waals surface area contributed by atoms with Crippen LogP contribution in [0.4, 0.5) is 5.69 Å². The fourth-order valence-electron chi connectivity index (χ4n) is 3.14. The number of rotatable bonds is 4. The van der Waals surface area contributed by atoms with Gasteiger partial charge >= 0.3 is 0 Å². The second kappa shape index (κ2) is 6.97. The Bertz CT molecular complexity index is 1090. The van der Waals surface area contributed by atoms with E-state index in [1.165, 1.54) is 0 Å². The van der Waals surface area contributed by atoms with Crippen LogP contribution >= 0.6 is 11.8 Å². The van der Waals surface area contributed by atoms with Crippen molar-refractivity contribution in [1.29, 1.82) is 0 Å². The summed E-state index contributed by atoms with van der Waals surface area (Å²) < 4.78 is 30.4. The van der Waals surface area contributed by atoms with Crippen molar-refractivity contribution in [3.63, 3.8) is 0 Å². The zero-order chi connectivity index (χ0) is 19.9. The van der Waals surface area contributed by atoms with Gasteiger partial charge in [-0.25, -0.2) is 13.4 Å². The van der Waals surface area contributed by atoms with Crippen LogP contribution in [0.2, 0.25) is 0 Å². The number of aromatic nitrogens is 2. The third kappa shape index (κ3) is 3.82. The van der Waals surface area contributed by atoms with E-state index in [9.17, 15) is 8.42 Å². The van der Waals surface area contributed by atoms with E-state index < -0.39 is 10.0 Å². The molecule has 0 saturated heterocycles. The van der Waals surface area contributed by atoms with Gasteiger partial charge in [0.15, 0.2) is 5.16 Å². The number of benzene rings is 2. The van der Waals surface area contributed by atoms with Gasteiger partial charge in [-0.3, -0.25) is 4.72 Å². The van der Waals surface area contributed by atoms with Crippen LogP contribution in [0.5, 0.6) is 0 Å². The van der Waals surface area contributed by atoms with Crippen LogP contribution < -0.4 is 4.72 Å². The molecule has 0 radical (unpaired) electrons. The molecule has 0 aliphatic carbocycles. The van der Waals surface area contributed by atoms with Crippen LogP contribution in [-0.4, -0.2) is 23.7 Å². The van der Waals surface area contributed by atoms with Gasteiger partial charge in [0.05, 0.1) is 10.6 Å². The first kappa shape index (κ1) is 19.1. The zero-order valence-electron chi connectivity index (χ0n) is 16.1. The van der Waals surface area contributed by atoms with E-state index in [0.29, 0.717) is 5.69 Å². The minimum atomic E-state index is -3.65. The standard InChI is InChI=1S/C21H23N3O2S2/c1-21(2,3)16-7-9-18(10-8-16)28(25,26)23-17-6-4-5-15(13-17)19-14-24-11-12-27-20(24)22-19/h4-10,13-14,23H,11-12H2,1-3H3. The molecular weight excluding hydrogens is 390 g/mol. The minimum absolute atomic E-state index is 0.0207. The highest BCUT2D eigenvalue weighted by Gasteiger charge is 2.19. The normalized spacial score (nSPS) is 14.1. The first-order valence-electron chi connectivity index (χ1n) is 9.16. The maximum atomic E-state index is 12.8. The highest BCUT2D eigenvalue weighted by Crippen LogP contribution is 2.30. The average molecular weight is 414 g/mol. The Labute approximate surface area is 170 Å². The summed E-state index contributed by atoms with van der Waals surface area (Å²) in [5, 5.41) is 1.01. The predicted molar refractivity (Wildman–Crippen MR) is 114 cm³/mol. The number of fused-ring (bicyclic) bond motifs is 1. The Balaban J connectivity index is 1.58. The van der Waals surface area contributed by atoms with E-state index in [2.05, 4.69) is 35.0 Å². The summed E-state index contributed by atoms with van der Waals surface area (Å²) >= 11 is 1.74. The Morgan fingerprint density at radius 2 is 1.86 bits per heavy atom. The summed E-state index contributed by atoms with van der Waals surface area (Å²) in [5.74, 6) is 1.05. The smallest absolute Gasteiger partial charge is 0.261 e. The molecule has 0 atom stereocenters. The number of aryl methyl sites for hydroxylation is 1. The molecule has 28 heavy (non-hydrogen) atoms. The molecule has 1 aromatic heterocycles. The number of nitrogens with one attached hydrogen (secondary N) is 1. The van der Waals surface area contributed by atoms with Crippen LogP contribution in [-0.2, 0) is 22.0 Å². The number of thioether (sulfide) groups is 1. The summed E-state index contributed by atoms with van der Waals surface area (Å²) in [6.45, 7) is 7.27. The van der Waals surface area contributed by atoms with Gasteiger partial charge in [-0.1, -0.05) is 56.8 Å². The van der Waals surface area contributed by atoms with Crippen LogP contribution in [0, 0.1) is 0 Å². The van der Waals surface area contributed by atoms with E-state index >= 15 is 0 Å². The van der Waals surface area contributed by atoms with Crippen molar-refractivity contribution in [2.45, 2.75) is 42.8 Å². The lowest BCUT2D eigenvalue weighted by Crippen LogP contribution is -2.14. The highest BCUT2D eigenvalue weighted by atomic mass is 32.2. The molecular formula is C21H23N3O2S2. The van der Waals surface area contributed by atoms with E-state index in [1.807, 2.05) is 36.5 Å². The number of imidazole rings is 1. The van der Waals surface area contributed by atoms with Crippen molar-refractivity contribution in [2.75, 3.05) is 10.5 Å². The van der Waals surface area contributed by atoms with E-state index in [4.69, 9.17) is 0 Å². The predicted octanol–water partition coefficient (Wildman–Crippen LogP) is 4.75. The second-order valence-corrected chi connectivity index (χ2v) is 10.7. The summed E-state index contributed by atoms with van der Waals surface area (Å²) in [4.78, 5) is 4.89. The fraction of sp³-hybridized carbons (Fsp3) is 0.286. The Morgan fingerprint density at radius 3 is 2.54 bits per heavy atom. The quantitative estimate of drug-likeness (QED) is 0.670. The van der Waals surface area contributed by atoms with Gasteiger partial charge in [0.1, 0.15) is 0 Å². The molecule has 0 spiro atoms. The van der Waals surface area contributed by atoms with E-state index in [0.717, 1.165) is 34.3 Å². The SMILES string of the molecule is CC(C)(C)c1ccc(S(=O)(=O)Nc2cccc(-c3cn4c(n3)SCC4)c2)cc1. The molecule has 146 valence electrons. The molecule has 2 aromatic carbocycles. The average Bonchev–Trinajstić information content (AvgIpc) is 3.23. The molecule has 1 N–H and O–H groups in total. The molecule has 5 nitrogen and oxygen atoms in total. The van der Waals surface area contributed by atoms with Crippen molar-refractivity contribution >= 4 is 27.5 Å². The molecule has 0 bridgehead atoms. The maximum Gasteiger partial charge on any atom is 0.261 e. The molecule has 7 heteroatoms. The van der Waals surface area contributed by atoms with Crippen LogP contribution in [0.25, 0.3) is 11.3 Å². The summed E-state index contributed by atoms with van der Waals surface area (Å²) in [7, 11) is -3.65. The van der Waals surface area contributed by atoms with Crippen molar-refractivity contribution in [1.82, 2.24) is 9.55 Å². The van der Waals surface area contributed by atoms with Gasteiger partial charge in [0.2, 0.25) is 0 Å². The number of sulfonamides is 1. The van der Waals surface area contributed by atoms with E-state index in [1.54, 1.807) is 30.0 Å². The summed E-state index contributed by atoms with van der Waals surface area (Å²) in [6.07, 6.45) is 2.02. The minimum Gasteiger partial charge on any atom is -0.325 e. The number of nitrogens with zero attached hydrogens (tertiary/aromatic N) is 2. The van der Waals surface area contributed by atoms with Gasteiger partial charge in [0, 0.05) is 29.7 Å². The lowest BCUT2D eigenvalue weighted by atomic mass is 9.87. The molecule has 0 amide bonds. The van der Waals surface area contributed by atoms with Crippen LogP contribution in [0.1, 0.15) is 26.3 Å². The molecule has 3 aromatic rings. The van der Waals surface area contributed by atoms with Crippen molar-refractivity contribution in [3.8, 4) is 11.3 Å².